The summed E-state index contributed by atoms with van der Waals surface area (Å²) in [5.74, 6) is 0.0196. The van der Waals surface area contributed by atoms with Crippen molar-refractivity contribution in [3.8, 4) is 0 Å². The lowest BCUT2D eigenvalue weighted by atomic mass is 10.1. The second kappa shape index (κ2) is 2.74. The fourth-order valence-corrected chi connectivity index (χ4v) is 0.988. The van der Waals surface area contributed by atoms with Crippen molar-refractivity contribution in [1.82, 2.24) is 0 Å². The Morgan fingerprint density at radius 2 is 2.09 bits per heavy atom. The monoisotopic (exact) mass is 149 g/mol. The van der Waals surface area contributed by atoms with E-state index in [-0.39, 0.29) is 5.78 Å². The number of Topliss-reactive ketones (excluding diaryl/α,β-unsaturated/α-hetero) is 1. The molecule has 0 fully saturated rings. The van der Waals surface area contributed by atoms with Gasteiger partial charge in [-0.15, -0.1) is 0 Å². The summed E-state index contributed by atoms with van der Waals surface area (Å²) in [5.41, 5.74) is 7.83. The maximum atomic E-state index is 10.9. The van der Waals surface area contributed by atoms with Crippen LogP contribution in [0, 0.1) is 6.92 Å². The smallest absolute Gasteiger partial charge is 0.161 e. The zero-order valence-corrected chi connectivity index (χ0v) is 6.72. The molecular formula is C9H11NO. The molecule has 0 bridgehead atoms. The van der Waals surface area contributed by atoms with Gasteiger partial charge in [0.05, 0.1) is 0 Å². The average molecular weight is 149 g/mol. The molecule has 0 aromatic heterocycles. The molecule has 0 saturated heterocycles. The first kappa shape index (κ1) is 7.79. The van der Waals surface area contributed by atoms with Gasteiger partial charge in [-0.2, -0.15) is 0 Å². The number of hydrogen-bond acceptors (Lipinski definition) is 2. The molecule has 2 heteroatoms. The summed E-state index contributed by atoms with van der Waals surface area (Å²) < 4.78 is 0. The summed E-state index contributed by atoms with van der Waals surface area (Å²) in [4.78, 5) is 10.9. The normalized spacial score (nSPS) is 9.64. The van der Waals surface area contributed by atoms with Crippen LogP contribution < -0.4 is 5.73 Å². The molecule has 0 atom stereocenters. The van der Waals surface area contributed by atoms with Crippen LogP contribution in [-0.4, -0.2) is 5.78 Å². The third kappa shape index (κ3) is 1.40. The van der Waals surface area contributed by atoms with Gasteiger partial charge in [-0.3, -0.25) is 4.79 Å². The van der Waals surface area contributed by atoms with Crippen molar-refractivity contribution in [2.45, 2.75) is 13.8 Å². The van der Waals surface area contributed by atoms with E-state index in [4.69, 9.17) is 5.73 Å². The van der Waals surface area contributed by atoms with Crippen molar-refractivity contribution in [1.29, 1.82) is 0 Å². The van der Waals surface area contributed by atoms with Gasteiger partial charge >= 0.3 is 0 Å². The minimum Gasteiger partial charge on any atom is -0.398 e. The molecule has 58 valence electrons. The fourth-order valence-electron chi connectivity index (χ4n) is 0.988. The molecule has 0 saturated carbocycles. The van der Waals surface area contributed by atoms with Crippen molar-refractivity contribution in [2.75, 3.05) is 5.73 Å². The number of benzene rings is 1. The first-order valence-corrected chi connectivity index (χ1v) is 3.49. The molecule has 0 aliphatic rings. The topological polar surface area (TPSA) is 43.1 Å². The Labute approximate surface area is 66.0 Å². The SMILES string of the molecule is CC(=O)c1cccc(C)c1N. The Morgan fingerprint density at radius 3 is 2.55 bits per heavy atom. The summed E-state index contributed by atoms with van der Waals surface area (Å²) >= 11 is 0. The number of hydrogen-bond donors (Lipinski definition) is 1. The molecule has 1 aromatic carbocycles. The Bertz CT molecular complexity index is 292. The molecule has 0 amide bonds. The van der Waals surface area contributed by atoms with Gasteiger partial charge in [0.15, 0.2) is 5.78 Å². The van der Waals surface area contributed by atoms with Crippen molar-refractivity contribution in [3.63, 3.8) is 0 Å². The number of carbonyl (C=O) groups is 1. The lowest BCUT2D eigenvalue weighted by Crippen LogP contribution is -2.00. The number of anilines is 1. The molecule has 11 heavy (non-hydrogen) atoms. The highest BCUT2D eigenvalue weighted by Crippen LogP contribution is 2.16. The molecule has 2 nitrogen and oxygen atoms in total. The molecular weight excluding hydrogens is 138 g/mol. The zero-order chi connectivity index (χ0) is 8.43. The Balaban J connectivity index is 3.27. The third-order valence-corrected chi connectivity index (χ3v) is 1.70. The van der Waals surface area contributed by atoms with E-state index in [1.165, 1.54) is 6.92 Å². The number of aryl methyl sites for hydroxylation is 1. The summed E-state index contributed by atoms with van der Waals surface area (Å²) in [5, 5.41) is 0. The Hall–Kier alpha value is -1.31. The molecule has 0 radical (unpaired) electrons. The van der Waals surface area contributed by atoms with E-state index in [0.29, 0.717) is 11.3 Å². The van der Waals surface area contributed by atoms with Crippen molar-refractivity contribution in [3.05, 3.63) is 29.3 Å². The van der Waals surface area contributed by atoms with Crippen LogP contribution in [0.5, 0.6) is 0 Å². The van der Waals surface area contributed by atoms with Crippen molar-refractivity contribution in [2.24, 2.45) is 0 Å². The number of ketones is 1. The van der Waals surface area contributed by atoms with Gasteiger partial charge in [0, 0.05) is 11.3 Å². The highest BCUT2D eigenvalue weighted by molar-refractivity contribution is 5.99. The molecule has 0 aliphatic carbocycles. The Morgan fingerprint density at radius 1 is 1.45 bits per heavy atom. The quantitative estimate of drug-likeness (QED) is 0.488. The second-order valence-electron chi connectivity index (χ2n) is 2.59. The Kier molecular flexibility index (Phi) is 1.94. The molecule has 0 unspecified atom stereocenters. The first-order chi connectivity index (χ1) is 5.13. The zero-order valence-electron chi connectivity index (χ0n) is 6.72. The number of carbonyl (C=O) groups excluding carboxylic acids is 1. The van der Waals surface area contributed by atoms with Gasteiger partial charge in [0.1, 0.15) is 0 Å². The molecule has 0 heterocycles. The van der Waals surface area contributed by atoms with Gasteiger partial charge in [-0.25, -0.2) is 0 Å². The summed E-state index contributed by atoms with van der Waals surface area (Å²) in [6, 6.07) is 5.47. The maximum absolute atomic E-state index is 10.9. The highest BCUT2D eigenvalue weighted by atomic mass is 16.1. The van der Waals surface area contributed by atoms with Gasteiger partial charge < -0.3 is 5.73 Å². The van der Waals surface area contributed by atoms with Crippen LogP contribution in [0.25, 0.3) is 0 Å². The third-order valence-electron chi connectivity index (χ3n) is 1.70. The van der Waals surface area contributed by atoms with Gasteiger partial charge in [-0.1, -0.05) is 12.1 Å². The maximum Gasteiger partial charge on any atom is 0.161 e. The van der Waals surface area contributed by atoms with Crippen molar-refractivity contribution >= 4 is 11.5 Å². The van der Waals surface area contributed by atoms with E-state index in [1.807, 2.05) is 19.1 Å². The van der Waals surface area contributed by atoms with Crippen LogP contribution in [0.4, 0.5) is 5.69 Å². The first-order valence-electron chi connectivity index (χ1n) is 3.49. The molecule has 0 spiro atoms. The van der Waals surface area contributed by atoms with E-state index in [2.05, 4.69) is 0 Å². The van der Waals surface area contributed by atoms with Gasteiger partial charge in [-0.05, 0) is 25.5 Å². The van der Waals surface area contributed by atoms with E-state index >= 15 is 0 Å². The van der Waals surface area contributed by atoms with Gasteiger partial charge in [0.25, 0.3) is 0 Å². The molecule has 0 aliphatic heterocycles. The van der Waals surface area contributed by atoms with Crippen LogP contribution in [-0.2, 0) is 0 Å². The van der Waals surface area contributed by atoms with E-state index in [9.17, 15) is 4.79 Å². The fraction of sp³-hybridized carbons (Fsp3) is 0.222. The molecule has 1 aromatic rings. The predicted octanol–water partition coefficient (Wildman–Crippen LogP) is 1.78. The van der Waals surface area contributed by atoms with Crippen LogP contribution in [0.1, 0.15) is 22.8 Å². The molecule has 2 N–H and O–H groups in total. The lowest BCUT2D eigenvalue weighted by Gasteiger charge is -2.03. The number of nitrogen functional groups attached to an aromatic ring is 1. The average Bonchev–Trinajstić information content (AvgIpc) is 1.94. The number of rotatable bonds is 1. The predicted molar refractivity (Wildman–Crippen MR) is 45.6 cm³/mol. The van der Waals surface area contributed by atoms with Gasteiger partial charge in [0.2, 0.25) is 0 Å². The van der Waals surface area contributed by atoms with E-state index < -0.39 is 0 Å². The summed E-state index contributed by atoms with van der Waals surface area (Å²) in [7, 11) is 0. The summed E-state index contributed by atoms with van der Waals surface area (Å²) in [6.07, 6.45) is 0. The largest absolute Gasteiger partial charge is 0.398 e. The minimum atomic E-state index is 0.0196. The van der Waals surface area contributed by atoms with Crippen LogP contribution in [0.3, 0.4) is 0 Å². The van der Waals surface area contributed by atoms with E-state index in [0.717, 1.165) is 5.56 Å². The van der Waals surface area contributed by atoms with Crippen LogP contribution in [0.2, 0.25) is 0 Å². The highest BCUT2D eigenvalue weighted by Gasteiger charge is 2.04. The lowest BCUT2D eigenvalue weighted by molar-refractivity contribution is 0.101. The standard InChI is InChI=1S/C9H11NO/c1-6-4-3-5-8(7(2)11)9(6)10/h3-5H,10H2,1-2H3. The number of para-hydroxylation sites is 1. The van der Waals surface area contributed by atoms with Crippen LogP contribution >= 0.6 is 0 Å². The second-order valence-corrected chi connectivity index (χ2v) is 2.59. The minimum absolute atomic E-state index is 0.0196. The van der Waals surface area contributed by atoms with E-state index in [1.54, 1.807) is 6.07 Å². The van der Waals surface area contributed by atoms with Crippen molar-refractivity contribution < 1.29 is 4.79 Å². The number of nitrogens with two attached hydrogens (primary N) is 1. The van der Waals surface area contributed by atoms with Crippen LogP contribution in [0.15, 0.2) is 18.2 Å². The molecule has 1 rings (SSSR count). The summed E-state index contributed by atoms with van der Waals surface area (Å²) in [6.45, 7) is 3.41.